The molecular weight excluding hydrogens is 374 g/mol. The van der Waals surface area contributed by atoms with Crippen molar-refractivity contribution >= 4 is 28.8 Å². The molecule has 2 heterocycles. The predicted molar refractivity (Wildman–Crippen MR) is 110 cm³/mol. The molecule has 0 aliphatic carbocycles. The summed E-state index contributed by atoms with van der Waals surface area (Å²) in [6, 6.07) is 20.6. The van der Waals surface area contributed by atoms with E-state index in [1.165, 1.54) is 0 Å². The van der Waals surface area contributed by atoms with Gasteiger partial charge < -0.3 is 14.5 Å². The quantitative estimate of drug-likeness (QED) is 0.516. The van der Waals surface area contributed by atoms with Crippen LogP contribution < -0.4 is 10.1 Å². The number of ether oxygens (including phenoxy) is 1. The van der Waals surface area contributed by atoms with Gasteiger partial charge in [-0.05, 0) is 54.1 Å². The Morgan fingerprint density at radius 3 is 2.57 bits per heavy atom. The molecule has 28 heavy (non-hydrogen) atoms. The Bertz CT molecular complexity index is 1060. The molecule has 2 aromatic carbocycles. The van der Waals surface area contributed by atoms with Crippen LogP contribution in [0, 0.1) is 0 Å². The Hall–Kier alpha value is -3.31. The summed E-state index contributed by atoms with van der Waals surface area (Å²) in [4.78, 5) is 16.7. The second-order valence-corrected chi connectivity index (χ2v) is 6.80. The van der Waals surface area contributed by atoms with Gasteiger partial charge in [0.1, 0.15) is 18.0 Å². The molecule has 0 bridgehead atoms. The molecule has 4 rings (SSSR count). The first-order valence-corrected chi connectivity index (χ1v) is 9.23. The minimum atomic E-state index is -0.113. The van der Waals surface area contributed by atoms with Crippen LogP contribution in [0.2, 0.25) is 5.02 Å². The fourth-order valence-corrected chi connectivity index (χ4v) is 2.95. The molecule has 0 spiro atoms. The smallest absolute Gasteiger partial charge is 0.230 e. The highest BCUT2D eigenvalue weighted by atomic mass is 35.5. The summed E-state index contributed by atoms with van der Waals surface area (Å²) in [6.45, 7) is 0.455. The Kier molecular flexibility index (Phi) is 5.26. The largest absolute Gasteiger partial charge is 0.489 e. The molecule has 4 aromatic rings. The van der Waals surface area contributed by atoms with Crippen molar-refractivity contribution in [3.63, 3.8) is 0 Å². The van der Waals surface area contributed by atoms with Crippen LogP contribution in [0.1, 0.15) is 11.3 Å². The monoisotopic (exact) mass is 391 g/mol. The molecule has 0 radical (unpaired) electrons. The fraction of sp³-hybridized carbons (Fsp3) is 0.0909. The molecule has 5 nitrogen and oxygen atoms in total. The molecule has 1 amide bonds. The number of hydrogen-bond acceptors (Lipinski definition) is 3. The SMILES string of the molecule is O=C(Cc1cn2ccccc2n1)Nc1ccc(OCc2ccc(Cl)cc2)cc1. The highest BCUT2D eigenvalue weighted by Crippen LogP contribution is 2.18. The number of nitrogens with one attached hydrogen (secondary N) is 1. The van der Waals surface area contributed by atoms with Crippen LogP contribution in [0.25, 0.3) is 5.65 Å². The van der Waals surface area contributed by atoms with Crippen molar-refractivity contribution in [1.82, 2.24) is 9.38 Å². The molecule has 0 aliphatic heterocycles. The van der Waals surface area contributed by atoms with Gasteiger partial charge in [-0.1, -0.05) is 29.8 Å². The molecule has 1 N–H and O–H groups in total. The van der Waals surface area contributed by atoms with E-state index in [0.717, 1.165) is 22.7 Å². The van der Waals surface area contributed by atoms with Gasteiger partial charge in [0.05, 0.1) is 12.1 Å². The van der Waals surface area contributed by atoms with Crippen LogP contribution in [-0.4, -0.2) is 15.3 Å². The zero-order valence-electron chi connectivity index (χ0n) is 15.0. The van der Waals surface area contributed by atoms with Crippen molar-refractivity contribution in [3.05, 3.63) is 95.4 Å². The molecule has 140 valence electrons. The van der Waals surface area contributed by atoms with Gasteiger partial charge in [-0.3, -0.25) is 4.79 Å². The van der Waals surface area contributed by atoms with Crippen molar-refractivity contribution in [3.8, 4) is 5.75 Å². The van der Waals surface area contributed by atoms with E-state index in [1.54, 1.807) is 0 Å². The van der Waals surface area contributed by atoms with E-state index in [4.69, 9.17) is 16.3 Å². The second-order valence-electron chi connectivity index (χ2n) is 6.36. The number of carbonyl (C=O) groups is 1. The Morgan fingerprint density at radius 2 is 1.82 bits per heavy atom. The summed E-state index contributed by atoms with van der Waals surface area (Å²) in [5.74, 6) is 0.617. The number of fused-ring (bicyclic) bond motifs is 1. The minimum Gasteiger partial charge on any atom is -0.489 e. The number of carbonyl (C=O) groups excluding carboxylic acids is 1. The lowest BCUT2D eigenvalue weighted by molar-refractivity contribution is -0.115. The molecule has 0 fully saturated rings. The topological polar surface area (TPSA) is 55.6 Å². The van der Waals surface area contributed by atoms with Crippen molar-refractivity contribution in [2.24, 2.45) is 0 Å². The lowest BCUT2D eigenvalue weighted by atomic mass is 10.2. The lowest BCUT2D eigenvalue weighted by Crippen LogP contribution is -2.14. The number of pyridine rings is 1. The highest BCUT2D eigenvalue weighted by molar-refractivity contribution is 6.30. The van der Waals surface area contributed by atoms with Gasteiger partial charge in [-0.2, -0.15) is 0 Å². The third kappa shape index (κ3) is 4.50. The van der Waals surface area contributed by atoms with Crippen LogP contribution in [-0.2, 0) is 17.8 Å². The number of amides is 1. The Labute approximate surface area is 167 Å². The number of nitrogens with zero attached hydrogens (tertiary/aromatic N) is 2. The number of anilines is 1. The van der Waals surface area contributed by atoms with Gasteiger partial charge >= 0.3 is 0 Å². The Balaban J connectivity index is 1.32. The molecular formula is C22H18ClN3O2. The minimum absolute atomic E-state index is 0.113. The standard InChI is InChI=1S/C22H18ClN3O2/c23-17-6-4-16(5-7-17)15-28-20-10-8-18(9-11-20)25-22(27)13-19-14-26-12-2-1-3-21(26)24-19/h1-12,14H,13,15H2,(H,25,27). The van der Waals surface area contributed by atoms with E-state index < -0.39 is 0 Å². The number of benzene rings is 2. The number of rotatable bonds is 6. The molecule has 0 unspecified atom stereocenters. The summed E-state index contributed by atoms with van der Waals surface area (Å²) in [5.41, 5.74) is 3.31. The van der Waals surface area contributed by atoms with Crippen LogP contribution >= 0.6 is 11.6 Å². The highest BCUT2D eigenvalue weighted by Gasteiger charge is 2.08. The van der Waals surface area contributed by atoms with E-state index in [2.05, 4.69) is 10.3 Å². The number of halogens is 1. The first kappa shape index (κ1) is 18.1. The fourth-order valence-electron chi connectivity index (χ4n) is 2.82. The zero-order valence-corrected chi connectivity index (χ0v) is 15.8. The van der Waals surface area contributed by atoms with Crippen LogP contribution in [0.3, 0.4) is 0 Å². The van der Waals surface area contributed by atoms with E-state index in [-0.39, 0.29) is 12.3 Å². The number of hydrogen-bond donors (Lipinski definition) is 1. The number of aromatic nitrogens is 2. The first-order valence-electron chi connectivity index (χ1n) is 8.85. The van der Waals surface area contributed by atoms with Gasteiger partial charge in [-0.25, -0.2) is 4.98 Å². The molecule has 2 aromatic heterocycles. The lowest BCUT2D eigenvalue weighted by Gasteiger charge is -2.08. The first-order chi connectivity index (χ1) is 13.7. The van der Waals surface area contributed by atoms with Crippen LogP contribution in [0.15, 0.2) is 79.1 Å². The normalized spacial score (nSPS) is 10.8. The summed E-state index contributed by atoms with van der Waals surface area (Å²) < 4.78 is 7.65. The average Bonchev–Trinajstić information content (AvgIpc) is 3.10. The van der Waals surface area contributed by atoms with Gasteiger partial charge in [0.15, 0.2) is 0 Å². The summed E-state index contributed by atoms with van der Waals surface area (Å²) in [5, 5.41) is 3.58. The number of imidazole rings is 1. The third-order valence-electron chi connectivity index (χ3n) is 4.21. The maximum Gasteiger partial charge on any atom is 0.230 e. The molecule has 0 saturated heterocycles. The van der Waals surface area contributed by atoms with E-state index in [9.17, 15) is 4.79 Å². The second kappa shape index (κ2) is 8.15. The van der Waals surface area contributed by atoms with E-state index in [0.29, 0.717) is 17.3 Å². The van der Waals surface area contributed by atoms with Gasteiger partial charge in [0.25, 0.3) is 0 Å². The molecule has 0 atom stereocenters. The van der Waals surface area contributed by atoms with Crippen LogP contribution in [0.4, 0.5) is 5.69 Å². The summed E-state index contributed by atoms with van der Waals surface area (Å²) in [7, 11) is 0. The van der Waals surface area contributed by atoms with Crippen LogP contribution in [0.5, 0.6) is 5.75 Å². The molecule has 6 heteroatoms. The van der Waals surface area contributed by atoms with Crippen molar-refractivity contribution < 1.29 is 9.53 Å². The zero-order chi connectivity index (χ0) is 19.3. The van der Waals surface area contributed by atoms with E-state index in [1.807, 2.05) is 83.5 Å². The van der Waals surface area contributed by atoms with Crippen molar-refractivity contribution in [2.45, 2.75) is 13.0 Å². The van der Waals surface area contributed by atoms with E-state index >= 15 is 0 Å². The van der Waals surface area contributed by atoms with Gasteiger partial charge in [-0.15, -0.1) is 0 Å². The summed E-state index contributed by atoms with van der Waals surface area (Å²) >= 11 is 5.88. The maximum atomic E-state index is 12.3. The van der Waals surface area contributed by atoms with Gasteiger partial charge in [0, 0.05) is 23.1 Å². The van der Waals surface area contributed by atoms with Crippen molar-refractivity contribution in [2.75, 3.05) is 5.32 Å². The average molecular weight is 392 g/mol. The third-order valence-corrected chi connectivity index (χ3v) is 4.46. The van der Waals surface area contributed by atoms with Gasteiger partial charge in [0.2, 0.25) is 5.91 Å². The van der Waals surface area contributed by atoms with Crippen molar-refractivity contribution in [1.29, 1.82) is 0 Å². The predicted octanol–water partition coefficient (Wildman–Crippen LogP) is 4.75. The molecule has 0 saturated carbocycles. The summed E-state index contributed by atoms with van der Waals surface area (Å²) in [6.07, 6.45) is 3.99. The Morgan fingerprint density at radius 1 is 1.04 bits per heavy atom. The molecule has 0 aliphatic rings. The maximum absolute atomic E-state index is 12.3.